The molecule has 1 aliphatic rings. The van der Waals surface area contributed by atoms with Gasteiger partial charge in [-0.2, -0.15) is 5.10 Å². The Kier molecular flexibility index (Phi) is 2.50. The average molecular weight is 207 g/mol. The lowest BCUT2D eigenvalue weighted by atomic mass is 10.3. The fraction of sp³-hybridized carbons (Fsp3) is 0.636. The molecular formula is C11H17N3O. The topological polar surface area (TPSA) is 39.8 Å². The molecule has 1 heterocycles. The van der Waals surface area contributed by atoms with Gasteiger partial charge in [-0.1, -0.05) is 11.6 Å². The third-order valence-electron chi connectivity index (χ3n) is 2.63. The van der Waals surface area contributed by atoms with Gasteiger partial charge in [0, 0.05) is 6.04 Å². The Labute approximate surface area is 89.2 Å². The molecule has 0 spiro atoms. The van der Waals surface area contributed by atoms with E-state index in [9.17, 15) is 4.79 Å². The first-order valence-corrected chi connectivity index (χ1v) is 5.39. The van der Waals surface area contributed by atoms with Crippen LogP contribution in [-0.2, 0) is 6.54 Å². The summed E-state index contributed by atoms with van der Waals surface area (Å²) in [6, 6.07) is 0.415. The van der Waals surface area contributed by atoms with E-state index in [0.29, 0.717) is 12.6 Å². The maximum atomic E-state index is 11.9. The van der Waals surface area contributed by atoms with Crippen LogP contribution in [0.15, 0.2) is 16.4 Å². The summed E-state index contributed by atoms with van der Waals surface area (Å²) in [4.78, 5) is 11.9. The van der Waals surface area contributed by atoms with E-state index in [2.05, 4.69) is 5.10 Å². The average Bonchev–Trinajstić information content (AvgIpc) is 2.92. The van der Waals surface area contributed by atoms with Gasteiger partial charge in [0.15, 0.2) is 0 Å². The molecule has 2 rings (SSSR count). The summed E-state index contributed by atoms with van der Waals surface area (Å²) >= 11 is 0. The van der Waals surface area contributed by atoms with Crippen molar-refractivity contribution in [2.24, 2.45) is 0 Å². The second-order valence-corrected chi connectivity index (χ2v) is 4.39. The van der Waals surface area contributed by atoms with Gasteiger partial charge in [-0.15, -0.1) is 0 Å². The van der Waals surface area contributed by atoms with Crippen LogP contribution in [-0.4, -0.2) is 14.3 Å². The van der Waals surface area contributed by atoms with E-state index >= 15 is 0 Å². The van der Waals surface area contributed by atoms with Gasteiger partial charge < -0.3 is 0 Å². The van der Waals surface area contributed by atoms with Crippen LogP contribution in [0, 0.1) is 6.92 Å². The zero-order valence-corrected chi connectivity index (χ0v) is 9.53. The lowest BCUT2D eigenvalue weighted by Gasteiger charge is -1.96. The maximum Gasteiger partial charge on any atom is 0.346 e. The molecule has 1 aromatic heterocycles. The second kappa shape index (κ2) is 3.68. The number of aryl methyl sites for hydroxylation is 1. The van der Waals surface area contributed by atoms with Crippen LogP contribution in [0.2, 0.25) is 0 Å². The molecule has 15 heavy (non-hydrogen) atoms. The lowest BCUT2D eigenvalue weighted by molar-refractivity contribution is 0.632. The Morgan fingerprint density at radius 3 is 2.73 bits per heavy atom. The number of hydrogen-bond donors (Lipinski definition) is 0. The highest BCUT2D eigenvalue weighted by Gasteiger charge is 2.28. The van der Waals surface area contributed by atoms with Gasteiger partial charge in [0.2, 0.25) is 0 Å². The summed E-state index contributed by atoms with van der Waals surface area (Å²) in [5, 5.41) is 4.27. The summed E-state index contributed by atoms with van der Waals surface area (Å²) in [5.41, 5.74) is 1.24. The molecule has 1 fully saturated rings. The van der Waals surface area contributed by atoms with E-state index < -0.39 is 0 Å². The van der Waals surface area contributed by atoms with Crippen molar-refractivity contribution in [2.45, 2.75) is 46.2 Å². The molecule has 0 bridgehead atoms. The van der Waals surface area contributed by atoms with Crippen molar-refractivity contribution >= 4 is 0 Å². The van der Waals surface area contributed by atoms with E-state index in [0.717, 1.165) is 18.7 Å². The molecule has 0 radical (unpaired) electrons. The molecule has 0 aromatic carbocycles. The Bertz CT molecular complexity index is 445. The monoisotopic (exact) mass is 207 g/mol. The number of rotatable bonds is 3. The first-order chi connectivity index (χ1) is 7.09. The molecule has 0 atom stereocenters. The molecule has 82 valence electrons. The normalized spacial score (nSPS) is 15.4. The van der Waals surface area contributed by atoms with Crippen LogP contribution in [0.3, 0.4) is 0 Å². The van der Waals surface area contributed by atoms with E-state index in [1.54, 1.807) is 4.68 Å². The predicted molar refractivity (Wildman–Crippen MR) is 58.9 cm³/mol. The Morgan fingerprint density at radius 2 is 2.20 bits per heavy atom. The van der Waals surface area contributed by atoms with E-state index in [-0.39, 0.29) is 5.69 Å². The zero-order valence-electron chi connectivity index (χ0n) is 9.53. The van der Waals surface area contributed by atoms with Gasteiger partial charge >= 0.3 is 5.69 Å². The van der Waals surface area contributed by atoms with Crippen molar-refractivity contribution < 1.29 is 0 Å². The minimum Gasteiger partial charge on any atom is -0.276 e. The number of nitrogens with zero attached hydrogens (tertiary/aromatic N) is 3. The Hall–Kier alpha value is -1.32. The van der Waals surface area contributed by atoms with E-state index in [4.69, 9.17) is 0 Å². The summed E-state index contributed by atoms with van der Waals surface area (Å²) < 4.78 is 3.36. The van der Waals surface area contributed by atoms with Crippen LogP contribution in [0.4, 0.5) is 0 Å². The van der Waals surface area contributed by atoms with Crippen LogP contribution in [0.1, 0.15) is 38.6 Å². The first-order valence-electron chi connectivity index (χ1n) is 5.39. The van der Waals surface area contributed by atoms with Gasteiger partial charge in [0.25, 0.3) is 0 Å². The highest BCUT2D eigenvalue weighted by molar-refractivity contribution is 4.97. The van der Waals surface area contributed by atoms with Gasteiger partial charge in [-0.3, -0.25) is 4.57 Å². The maximum absolute atomic E-state index is 11.9. The minimum atomic E-state index is 0.0347. The molecular weight excluding hydrogens is 190 g/mol. The Morgan fingerprint density at radius 1 is 1.53 bits per heavy atom. The third-order valence-corrected chi connectivity index (χ3v) is 2.63. The molecule has 1 aliphatic carbocycles. The molecule has 0 saturated heterocycles. The standard InChI is InChI=1S/C11H17N3O/c1-8(2)6-7-13-11(15)14(9(3)12-13)10-4-5-10/h6,10H,4-5,7H2,1-3H3. The van der Waals surface area contributed by atoms with E-state index in [1.807, 2.05) is 31.4 Å². The molecule has 4 heteroatoms. The van der Waals surface area contributed by atoms with Crippen molar-refractivity contribution in [1.82, 2.24) is 14.3 Å². The largest absolute Gasteiger partial charge is 0.346 e. The third kappa shape index (κ3) is 2.03. The lowest BCUT2D eigenvalue weighted by Crippen LogP contribution is -2.24. The van der Waals surface area contributed by atoms with Crippen molar-refractivity contribution in [2.75, 3.05) is 0 Å². The smallest absolute Gasteiger partial charge is 0.276 e. The Balaban J connectivity index is 2.29. The fourth-order valence-corrected chi connectivity index (χ4v) is 1.67. The van der Waals surface area contributed by atoms with Gasteiger partial charge in [-0.05, 0) is 33.6 Å². The SMILES string of the molecule is CC(C)=CCn1nc(C)n(C2CC2)c1=O. The summed E-state index contributed by atoms with van der Waals surface area (Å²) in [5.74, 6) is 0.838. The summed E-state index contributed by atoms with van der Waals surface area (Å²) in [7, 11) is 0. The first kappa shape index (κ1) is 10.2. The van der Waals surface area contributed by atoms with E-state index in [1.165, 1.54) is 5.57 Å². The van der Waals surface area contributed by atoms with Crippen molar-refractivity contribution in [1.29, 1.82) is 0 Å². The molecule has 0 aliphatic heterocycles. The molecule has 0 N–H and O–H groups in total. The predicted octanol–water partition coefficient (Wildman–Crippen LogP) is 1.65. The quantitative estimate of drug-likeness (QED) is 0.707. The van der Waals surface area contributed by atoms with Gasteiger partial charge in [0.05, 0.1) is 6.54 Å². The summed E-state index contributed by atoms with van der Waals surface area (Å²) in [6.07, 6.45) is 4.26. The van der Waals surface area contributed by atoms with Crippen molar-refractivity contribution in [3.8, 4) is 0 Å². The molecule has 0 unspecified atom stereocenters. The number of allylic oxidation sites excluding steroid dienone is 2. The number of aromatic nitrogens is 3. The number of hydrogen-bond acceptors (Lipinski definition) is 2. The zero-order chi connectivity index (χ0) is 11.0. The molecule has 1 aromatic rings. The molecule has 1 saturated carbocycles. The van der Waals surface area contributed by atoms with Gasteiger partial charge in [-0.25, -0.2) is 9.48 Å². The van der Waals surface area contributed by atoms with Crippen LogP contribution in [0.25, 0.3) is 0 Å². The highest BCUT2D eigenvalue weighted by Crippen LogP contribution is 2.33. The fourth-order valence-electron chi connectivity index (χ4n) is 1.67. The van der Waals surface area contributed by atoms with Crippen LogP contribution in [0.5, 0.6) is 0 Å². The van der Waals surface area contributed by atoms with Crippen molar-refractivity contribution in [3.05, 3.63) is 28.0 Å². The highest BCUT2D eigenvalue weighted by atomic mass is 16.2. The van der Waals surface area contributed by atoms with Crippen LogP contribution < -0.4 is 5.69 Å². The second-order valence-electron chi connectivity index (χ2n) is 4.39. The summed E-state index contributed by atoms with van der Waals surface area (Å²) in [6.45, 7) is 6.53. The minimum absolute atomic E-state index is 0.0347. The van der Waals surface area contributed by atoms with Crippen molar-refractivity contribution in [3.63, 3.8) is 0 Å². The van der Waals surface area contributed by atoms with Gasteiger partial charge in [0.1, 0.15) is 5.82 Å². The molecule has 4 nitrogen and oxygen atoms in total. The van der Waals surface area contributed by atoms with Crippen LogP contribution >= 0.6 is 0 Å². The molecule has 0 amide bonds.